The van der Waals surface area contributed by atoms with Crippen molar-refractivity contribution in [2.75, 3.05) is 12.4 Å². The van der Waals surface area contributed by atoms with Crippen LogP contribution in [0.25, 0.3) is 0 Å². The average molecular weight is 357 g/mol. The number of thioether (sulfide) groups is 1. The van der Waals surface area contributed by atoms with Gasteiger partial charge in [0.2, 0.25) is 5.12 Å². The SMILES string of the molecule is CCOC(=O)[C@H](CSC(=O)c1ccccc1)NC(=O)c1ccccc1. The van der Waals surface area contributed by atoms with Crippen molar-refractivity contribution >= 4 is 28.8 Å². The topological polar surface area (TPSA) is 72.5 Å². The quantitative estimate of drug-likeness (QED) is 0.772. The smallest absolute Gasteiger partial charge is 0.329 e. The van der Waals surface area contributed by atoms with Crippen molar-refractivity contribution in [2.45, 2.75) is 13.0 Å². The molecule has 0 saturated carbocycles. The number of benzene rings is 2. The van der Waals surface area contributed by atoms with E-state index in [2.05, 4.69) is 5.32 Å². The molecule has 0 bridgehead atoms. The molecule has 0 aliphatic rings. The minimum absolute atomic E-state index is 0.102. The normalized spacial score (nSPS) is 11.4. The number of hydrogen-bond donors (Lipinski definition) is 1. The first-order chi connectivity index (χ1) is 12.1. The lowest BCUT2D eigenvalue weighted by atomic mass is 10.2. The second kappa shape index (κ2) is 9.64. The van der Waals surface area contributed by atoms with Crippen LogP contribution in [0.5, 0.6) is 0 Å². The molecule has 0 aromatic heterocycles. The molecule has 2 aromatic rings. The lowest BCUT2D eigenvalue weighted by Crippen LogP contribution is -2.43. The molecule has 0 fully saturated rings. The fourth-order valence-electron chi connectivity index (χ4n) is 2.06. The first-order valence-electron chi connectivity index (χ1n) is 7.86. The minimum Gasteiger partial charge on any atom is -0.464 e. The molecule has 0 saturated heterocycles. The fraction of sp³-hybridized carbons (Fsp3) is 0.211. The molecular weight excluding hydrogens is 338 g/mol. The fourth-order valence-corrected chi connectivity index (χ4v) is 2.90. The molecule has 25 heavy (non-hydrogen) atoms. The zero-order chi connectivity index (χ0) is 18.1. The Morgan fingerprint density at radius 1 is 0.960 bits per heavy atom. The summed E-state index contributed by atoms with van der Waals surface area (Å²) >= 11 is 0.975. The van der Waals surface area contributed by atoms with E-state index in [4.69, 9.17) is 4.74 Å². The number of amides is 1. The maximum Gasteiger partial charge on any atom is 0.329 e. The third-order valence-electron chi connectivity index (χ3n) is 3.30. The van der Waals surface area contributed by atoms with Crippen LogP contribution < -0.4 is 5.32 Å². The van der Waals surface area contributed by atoms with Gasteiger partial charge in [0.05, 0.1) is 6.61 Å². The molecule has 0 aliphatic heterocycles. The van der Waals surface area contributed by atoms with Crippen molar-refractivity contribution in [3.05, 3.63) is 71.8 Å². The van der Waals surface area contributed by atoms with Crippen LogP contribution in [0.3, 0.4) is 0 Å². The number of hydrogen-bond acceptors (Lipinski definition) is 5. The van der Waals surface area contributed by atoms with Crippen LogP contribution in [0.15, 0.2) is 60.7 Å². The summed E-state index contributed by atoms with van der Waals surface area (Å²) in [5.74, 6) is -0.836. The van der Waals surface area contributed by atoms with Gasteiger partial charge in [0.15, 0.2) is 0 Å². The number of carbonyl (C=O) groups is 3. The molecule has 2 aromatic carbocycles. The van der Waals surface area contributed by atoms with E-state index in [1.165, 1.54) is 0 Å². The Labute approximate surface area is 150 Å². The monoisotopic (exact) mass is 357 g/mol. The van der Waals surface area contributed by atoms with Crippen molar-refractivity contribution in [3.8, 4) is 0 Å². The maximum absolute atomic E-state index is 12.3. The van der Waals surface area contributed by atoms with Crippen LogP contribution in [0.1, 0.15) is 27.6 Å². The number of esters is 1. The largest absolute Gasteiger partial charge is 0.464 e. The van der Waals surface area contributed by atoms with Crippen molar-refractivity contribution in [1.82, 2.24) is 5.32 Å². The molecule has 0 radical (unpaired) electrons. The Kier molecular flexibility index (Phi) is 7.22. The summed E-state index contributed by atoms with van der Waals surface area (Å²) in [6.45, 7) is 1.89. The zero-order valence-electron chi connectivity index (χ0n) is 13.8. The van der Waals surface area contributed by atoms with E-state index in [9.17, 15) is 14.4 Å². The minimum atomic E-state index is -0.898. The first-order valence-corrected chi connectivity index (χ1v) is 8.85. The number of ether oxygens (including phenoxy) is 1. The molecule has 2 rings (SSSR count). The van der Waals surface area contributed by atoms with E-state index in [1.54, 1.807) is 61.5 Å². The molecule has 1 atom stereocenters. The van der Waals surface area contributed by atoms with E-state index in [0.29, 0.717) is 11.1 Å². The highest BCUT2D eigenvalue weighted by atomic mass is 32.2. The highest BCUT2D eigenvalue weighted by molar-refractivity contribution is 8.14. The van der Waals surface area contributed by atoms with Crippen LogP contribution in [-0.4, -0.2) is 35.4 Å². The van der Waals surface area contributed by atoms with Crippen molar-refractivity contribution in [3.63, 3.8) is 0 Å². The summed E-state index contributed by atoms with van der Waals surface area (Å²) in [4.78, 5) is 36.5. The summed E-state index contributed by atoms with van der Waals surface area (Å²) in [5.41, 5.74) is 0.987. The Bertz CT molecular complexity index is 719. The summed E-state index contributed by atoms with van der Waals surface area (Å²) in [5, 5.41) is 2.48. The zero-order valence-corrected chi connectivity index (χ0v) is 14.6. The standard InChI is InChI=1S/C19H19NO4S/c1-2-24-18(22)16(20-17(21)14-9-5-3-6-10-14)13-25-19(23)15-11-7-4-8-12-15/h3-12,16H,2,13H2,1H3,(H,20,21)/t16-/m0/s1. The van der Waals surface area contributed by atoms with Gasteiger partial charge in [-0.05, 0) is 19.1 Å². The van der Waals surface area contributed by atoms with Crippen molar-refractivity contribution in [1.29, 1.82) is 0 Å². The average Bonchev–Trinajstić information content (AvgIpc) is 2.66. The molecule has 0 aliphatic carbocycles. The third kappa shape index (κ3) is 5.76. The molecule has 6 heteroatoms. The second-order valence-electron chi connectivity index (χ2n) is 5.11. The van der Waals surface area contributed by atoms with Gasteiger partial charge in [0.25, 0.3) is 5.91 Å². The van der Waals surface area contributed by atoms with Gasteiger partial charge in [-0.2, -0.15) is 0 Å². The summed E-state index contributed by atoms with van der Waals surface area (Å²) in [7, 11) is 0. The van der Waals surface area contributed by atoms with Gasteiger partial charge >= 0.3 is 5.97 Å². The maximum atomic E-state index is 12.3. The number of carbonyl (C=O) groups excluding carboxylic acids is 3. The predicted molar refractivity (Wildman–Crippen MR) is 97.6 cm³/mol. The van der Waals surface area contributed by atoms with Crippen LogP contribution in [0, 0.1) is 0 Å². The highest BCUT2D eigenvalue weighted by Gasteiger charge is 2.24. The van der Waals surface area contributed by atoms with Crippen LogP contribution in [0.2, 0.25) is 0 Å². The van der Waals surface area contributed by atoms with E-state index in [-0.39, 0.29) is 23.4 Å². The van der Waals surface area contributed by atoms with Gasteiger partial charge in [-0.25, -0.2) is 4.79 Å². The molecule has 5 nitrogen and oxygen atoms in total. The van der Waals surface area contributed by atoms with Crippen molar-refractivity contribution < 1.29 is 19.1 Å². The van der Waals surface area contributed by atoms with E-state index in [0.717, 1.165) is 11.8 Å². The van der Waals surface area contributed by atoms with Crippen LogP contribution >= 0.6 is 11.8 Å². The van der Waals surface area contributed by atoms with Crippen molar-refractivity contribution in [2.24, 2.45) is 0 Å². The molecule has 130 valence electrons. The van der Waals surface area contributed by atoms with Gasteiger partial charge in [-0.15, -0.1) is 0 Å². The number of rotatable bonds is 7. The van der Waals surface area contributed by atoms with Gasteiger partial charge in [-0.3, -0.25) is 9.59 Å². The molecule has 0 heterocycles. The lowest BCUT2D eigenvalue weighted by molar-refractivity contribution is -0.144. The predicted octanol–water partition coefficient (Wildman–Crippen LogP) is 2.92. The Hall–Kier alpha value is -2.60. The summed E-state index contributed by atoms with van der Waals surface area (Å²) in [6, 6.07) is 16.5. The molecule has 0 spiro atoms. The van der Waals surface area contributed by atoms with E-state index >= 15 is 0 Å². The highest BCUT2D eigenvalue weighted by Crippen LogP contribution is 2.14. The summed E-state index contributed by atoms with van der Waals surface area (Å²) in [6.07, 6.45) is 0. The van der Waals surface area contributed by atoms with E-state index in [1.807, 2.05) is 6.07 Å². The molecular formula is C19H19NO4S. The first kappa shape index (κ1) is 18.7. The van der Waals surface area contributed by atoms with E-state index < -0.39 is 12.0 Å². The number of nitrogens with one attached hydrogen (secondary N) is 1. The molecule has 1 N–H and O–H groups in total. The van der Waals surface area contributed by atoms with Gasteiger partial charge in [0.1, 0.15) is 6.04 Å². The van der Waals surface area contributed by atoms with Gasteiger partial charge in [0, 0.05) is 16.9 Å². The Morgan fingerprint density at radius 2 is 1.52 bits per heavy atom. The Balaban J connectivity index is 2.02. The Morgan fingerprint density at radius 3 is 2.08 bits per heavy atom. The molecule has 0 unspecified atom stereocenters. The summed E-state index contributed by atoms with van der Waals surface area (Å²) < 4.78 is 5.00. The molecule has 1 amide bonds. The lowest BCUT2D eigenvalue weighted by Gasteiger charge is -2.16. The third-order valence-corrected chi connectivity index (χ3v) is 4.30. The van der Waals surface area contributed by atoms with Crippen LogP contribution in [0.4, 0.5) is 0 Å². The van der Waals surface area contributed by atoms with Crippen LogP contribution in [-0.2, 0) is 9.53 Å². The van der Waals surface area contributed by atoms with Gasteiger partial charge < -0.3 is 10.1 Å². The second-order valence-corrected chi connectivity index (χ2v) is 6.10. The van der Waals surface area contributed by atoms with Gasteiger partial charge in [-0.1, -0.05) is 60.3 Å².